The van der Waals surface area contributed by atoms with E-state index in [9.17, 15) is 0 Å². The van der Waals surface area contributed by atoms with Crippen molar-refractivity contribution in [1.29, 1.82) is 0 Å². The highest BCUT2D eigenvalue weighted by Gasteiger charge is 2.35. The topological polar surface area (TPSA) is 117 Å². The van der Waals surface area contributed by atoms with Gasteiger partial charge in [0.25, 0.3) is 0 Å². The van der Waals surface area contributed by atoms with E-state index in [1.54, 1.807) is 12.4 Å². The van der Waals surface area contributed by atoms with E-state index >= 15 is 0 Å². The van der Waals surface area contributed by atoms with Gasteiger partial charge >= 0.3 is 0 Å². The van der Waals surface area contributed by atoms with E-state index in [0.717, 1.165) is 35.9 Å². The number of anilines is 2. The number of imidazole rings is 1. The number of aromatic nitrogens is 6. The van der Waals surface area contributed by atoms with Crippen molar-refractivity contribution < 1.29 is 9.47 Å². The lowest BCUT2D eigenvalue weighted by atomic mass is 10.1. The fraction of sp³-hybridized carbons (Fsp3) is 0.550. The Kier molecular flexibility index (Phi) is 4.37. The fourth-order valence-corrected chi connectivity index (χ4v) is 4.27. The van der Waals surface area contributed by atoms with Gasteiger partial charge in [-0.2, -0.15) is 0 Å². The number of fused-ring (bicyclic) bond motifs is 3. The number of hydrogen-bond acceptors (Lipinski definition) is 9. The average Bonchev–Trinajstić information content (AvgIpc) is 3.07. The molecule has 2 aliphatic rings. The van der Waals surface area contributed by atoms with Crippen LogP contribution >= 0.6 is 0 Å². The quantitative estimate of drug-likeness (QED) is 0.674. The molecular formula is C20H26N8O2. The first-order valence-electron chi connectivity index (χ1n) is 10.2. The van der Waals surface area contributed by atoms with Gasteiger partial charge in [-0.3, -0.25) is 0 Å². The maximum absolute atomic E-state index is 5.97. The van der Waals surface area contributed by atoms with E-state index < -0.39 is 5.60 Å². The van der Waals surface area contributed by atoms with Crippen LogP contribution < -0.4 is 10.6 Å². The van der Waals surface area contributed by atoms with Crippen molar-refractivity contribution >= 4 is 22.9 Å². The molecule has 0 aliphatic carbocycles. The summed E-state index contributed by atoms with van der Waals surface area (Å²) in [6.07, 6.45) is 3.50. The van der Waals surface area contributed by atoms with Crippen molar-refractivity contribution in [1.82, 2.24) is 29.5 Å². The molecule has 2 N–H and O–H groups in total. The molecule has 0 aromatic carbocycles. The van der Waals surface area contributed by atoms with Gasteiger partial charge in [0.1, 0.15) is 11.4 Å². The van der Waals surface area contributed by atoms with Crippen molar-refractivity contribution in [3.8, 4) is 11.4 Å². The van der Waals surface area contributed by atoms with Crippen molar-refractivity contribution in [2.24, 2.45) is 0 Å². The molecule has 30 heavy (non-hydrogen) atoms. The molecule has 3 aromatic heterocycles. The zero-order valence-corrected chi connectivity index (χ0v) is 17.7. The molecule has 158 valence electrons. The molecule has 1 saturated heterocycles. The van der Waals surface area contributed by atoms with E-state index in [4.69, 9.17) is 30.2 Å². The van der Waals surface area contributed by atoms with Gasteiger partial charge in [-0.15, -0.1) is 0 Å². The summed E-state index contributed by atoms with van der Waals surface area (Å²) in [6, 6.07) is 0. The second-order valence-corrected chi connectivity index (χ2v) is 8.48. The highest BCUT2D eigenvalue weighted by atomic mass is 16.5. The summed E-state index contributed by atoms with van der Waals surface area (Å²) in [5, 5.41) is 0. The van der Waals surface area contributed by atoms with Crippen LogP contribution in [0.15, 0.2) is 12.4 Å². The number of nitrogens with zero attached hydrogens (tertiary/aromatic N) is 7. The van der Waals surface area contributed by atoms with Gasteiger partial charge in [0.05, 0.1) is 24.4 Å². The maximum Gasteiger partial charge on any atom is 0.219 e. The van der Waals surface area contributed by atoms with Crippen LogP contribution in [0.25, 0.3) is 22.6 Å². The van der Waals surface area contributed by atoms with Crippen LogP contribution in [-0.2, 0) is 21.6 Å². The van der Waals surface area contributed by atoms with Crippen LogP contribution in [0.4, 0.5) is 11.8 Å². The molecule has 10 heteroatoms. The highest BCUT2D eigenvalue weighted by molar-refractivity contribution is 5.86. The van der Waals surface area contributed by atoms with Gasteiger partial charge < -0.3 is 24.7 Å². The molecule has 1 fully saturated rings. The smallest absolute Gasteiger partial charge is 0.219 e. The summed E-state index contributed by atoms with van der Waals surface area (Å²) >= 11 is 0. The number of hydrogen-bond donors (Lipinski definition) is 1. The summed E-state index contributed by atoms with van der Waals surface area (Å²) < 4.78 is 14.0. The maximum atomic E-state index is 5.97. The normalized spacial score (nSPS) is 23.5. The third-order valence-corrected chi connectivity index (χ3v) is 5.54. The minimum Gasteiger partial charge on any atom is -0.372 e. The van der Waals surface area contributed by atoms with Crippen molar-refractivity contribution in [3.63, 3.8) is 0 Å². The lowest BCUT2D eigenvalue weighted by Crippen LogP contribution is -2.46. The van der Waals surface area contributed by atoms with Crippen LogP contribution in [-0.4, -0.2) is 61.4 Å². The van der Waals surface area contributed by atoms with Gasteiger partial charge in [-0.05, 0) is 27.7 Å². The van der Waals surface area contributed by atoms with E-state index in [0.29, 0.717) is 24.5 Å². The molecule has 0 amide bonds. The lowest BCUT2D eigenvalue weighted by Gasteiger charge is -2.36. The molecule has 5 heterocycles. The monoisotopic (exact) mass is 410 g/mol. The first-order valence-corrected chi connectivity index (χ1v) is 10.2. The van der Waals surface area contributed by atoms with Crippen LogP contribution in [0.3, 0.4) is 0 Å². The van der Waals surface area contributed by atoms with E-state index in [2.05, 4.69) is 33.3 Å². The zero-order valence-electron chi connectivity index (χ0n) is 17.7. The van der Waals surface area contributed by atoms with Crippen LogP contribution in [0.2, 0.25) is 0 Å². The Balaban J connectivity index is 1.74. The number of nitrogens with two attached hydrogens (primary N) is 1. The third-order valence-electron chi connectivity index (χ3n) is 5.54. The average molecular weight is 410 g/mol. The molecule has 0 unspecified atom stereocenters. The van der Waals surface area contributed by atoms with Gasteiger partial charge in [0.15, 0.2) is 22.8 Å². The summed E-state index contributed by atoms with van der Waals surface area (Å²) in [4.78, 5) is 25.2. The van der Waals surface area contributed by atoms with Gasteiger partial charge in [-0.25, -0.2) is 24.9 Å². The molecule has 0 spiro atoms. The number of nitrogen functional groups attached to an aromatic ring is 1. The van der Waals surface area contributed by atoms with Crippen LogP contribution in [0.1, 0.15) is 33.5 Å². The minimum absolute atomic E-state index is 0.0964. The molecule has 3 aromatic rings. The van der Waals surface area contributed by atoms with Gasteiger partial charge in [-0.1, -0.05) is 0 Å². The van der Waals surface area contributed by atoms with Gasteiger partial charge in [0, 0.05) is 32.0 Å². The standard InChI is InChI=1S/C20H26N8O2/c1-11-9-27(10-12(2)30-11)16-14-17(28-5-6-29-20(3,4)18(28)24-14)26-15(25-16)13-7-22-19(21)23-8-13/h7-8,11-12H,5-6,9-10H2,1-4H3,(H2,21,22,23)/t11-,12+. The summed E-state index contributed by atoms with van der Waals surface area (Å²) in [6.45, 7) is 11.0. The van der Waals surface area contributed by atoms with Crippen molar-refractivity contribution in [3.05, 3.63) is 18.2 Å². The second-order valence-electron chi connectivity index (χ2n) is 8.48. The Morgan fingerprint density at radius 2 is 1.77 bits per heavy atom. The highest BCUT2D eigenvalue weighted by Crippen LogP contribution is 2.35. The Labute approximate surface area is 174 Å². The Morgan fingerprint density at radius 3 is 2.47 bits per heavy atom. The molecule has 5 rings (SSSR count). The molecule has 10 nitrogen and oxygen atoms in total. The molecular weight excluding hydrogens is 384 g/mol. The Morgan fingerprint density at radius 1 is 1.07 bits per heavy atom. The fourth-order valence-electron chi connectivity index (χ4n) is 4.27. The van der Waals surface area contributed by atoms with Crippen LogP contribution in [0, 0.1) is 0 Å². The van der Waals surface area contributed by atoms with Crippen molar-refractivity contribution in [2.45, 2.75) is 52.0 Å². The SMILES string of the molecule is C[C@@H]1CN(c2nc(-c3cnc(N)nc3)nc3c2nc2n3CCOC2(C)C)C[C@H](C)O1. The Bertz CT molecular complexity index is 1080. The molecule has 2 atom stereocenters. The lowest BCUT2D eigenvalue weighted by molar-refractivity contribution is -0.0530. The molecule has 0 saturated carbocycles. The first-order chi connectivity index (χ1) is 14.3. The summed E-state index contributed by atoms with van der Waals surface area (Å²) in [7, 11) is 0. The second kappa shape index (κ2) is 6.85. The summed E-state index contributed by atoms with van der Waals surface area (Å²) in [5.41, 5.74) is 7.46. The molecule has 0 radical (unpaired) electrons. The predicted molar refractivity (Wildman–Crippen MR) is 112 cm³/mol. The minimum atomic E-state index is -0.494. The number of morpholine rings is 1. The third kappa shape index (κ3) is 3.16. The van der Waals surface area contributed by atoms with Crippen LogP contribution in [0.5, 0.6) is 0 Å². The first kappa shape index (κ1) is 19.1. The zero-order chi connectivity index (χ0) is 21.0. The van der Waals surface area contributed by atoms with E-state index in [1.165, 1.54) is 0 Å². The molecule has 2 aliphatic heterocycles. The Hall–Kier alpha value is -2.85. The predicted octanol–water partition coefficient (Wildman–Crippen LogP) is 1.74. The van der Waals surface area contributed by atoms with Gasteiger partial charge in [0.2, 0.25) is 5.95 Å². The number of ether oxygens (including phenoxy) is 2. The number of rotatable bonds is 2. The van der Waals surface area contributed by atoms with E-state index in [1.807, 2.05) is 13.8 Å². The largest absolute Gasteiger partial charge is 0.372 e. The van der Waals surface area contributed by atoms with Crippen molar-refractivity contribution in [2.75, 3.05) is 30.3 Å². The van der Waals surface area contributed by atoms with E-state index in [-0.39, 0.29) is 18.2 Å². The molecule has 0 bridgehead atoms. The summed E-state index contributed by atoms with van der Waals surface area (Å²) in [5.74, 6) is 2.43.